The van der Waals surface area contributed by atoms with Gasteiger partial charge in [0.1, 0.15) is 0 Å². The van der Waals surface area contributed by atoms with Crippen LogP contribution in [0, 0.1) is 27.7 Å². The lowest BCUT2D eigenvalue weighted by atomic mass is 9.94. The fourth-order valence-corrected chi connectivity index (χ4v) is 2.83. The Labute approximate surface area is 118 Å². The molecule has 0 saturated heterocycles. The van der Waals surface area contributed by atoms with Crippen LogP contribution >= 0.6 is 0 Å². The predicted molar refractivity (Wildman–Crippen MR) is 83.8 cm³/mol. The van der Waals surface area contributed by atoms with Crippen LogP contribution in [-0.4, -0.2) is 20.7 Å². The Morgan fingerprint density at radius 2 is 1.63 bits per heavy atom. The molecular formula is C16H26O2Si. The van der Waals surface area contributed by atoms with Crippen molar-refractivity contribution in [1.82, 2.24) is 0 Å². The van der Waals surface area contributed by atoms with Gasteiger partial charge in [0.05, 0.1) is 12.2 Å². The first kappa shape index (κ1) is 16.0. The van der Waals surface area contributed by atoms with E-state index in [-0.39, 0.29) is 5.97 Å². The average molecular weight is 278 g/mol. The normalized spacial score (nSPS) is 11.5. The summed E-state index contributed by atoms with van der Waals surface area (Å²) in [4.78, 5) is 12.2. The number of rotatable bonds is 4. The summed E-state index contributed by atoms with van der Waals surface area (Å²) in [5.41, 5.74) is 5.23. The second kappa shape index (κ2) is 5.91. The van der Waals surface area contributed by atoms with Crippen molar-refractivity contribution >= 4 is 14.0 Å². The van der Waals surface area contributed by atoms with E-state index in [9.17, 15) is 4.79 Å². The molecule has 0 aromatic heterocycles. The molecule has 1 rings (SSSR count). The first-order valence-corrected chi connectivity index (χ1v) is 10.6. The van der Waals surface area contributed by atoms with Gasteiger partial charge in [0.15, 0.2) is 0 Å². The summed E-state index contributed by atoms with van der Waals surface area (Å²) >= 11 is 0. The van der Waals surface area contributed by atoms with Crippen molar-refractivity contribution in [3.63, 3.8) is 0 Å². The van der Waals surface area contributed by atoms with E-state index in [2.05, 4.69) is 39.6 Å². The van der Waals surface area contributed by atoms with Gasteiger partial charge in [0.2, 0.25) is 0 Å². The molecule has 0 radical (unpaired) electrons. The monoisotopic (exact) mass is 278 g/mol. The van der Waals surface area contributed by atoms with E-state index in [1.54, 1.807) is 0 Å². The van der Waals surface area contributed by atoms with E-state index in [1.807, 2.05) is 13.8 Å². The number of carbonyl (C=O) groups excluding carboxylic acids is 1. The molecule has 0 aliphatic carbocycles. The van der Waals surface area contributed by atoms with Crippen LogP contribution in [-0.2, 0) is 4.74 Å². The van der Waals surface area contributed by atoms with Gasteiger partial charge in [-0.05, 0) is 56.0 Å². The van der Waals surface area contributed by atoms with Gasteiger partial charge in [-0.15, -0.1) is 0 Å². The Balaban J connectivity index is 2.86. The molecule has 1 aromatic carbocycles. The van der Waals surface area contributed by atoms with Gasteiger partial charge < -0.3 is 4.74 Å². The minimum Gasteiger partial charge on any atom is -0.462 e. The van der Waals surface area contributed by atoms with Gasteiger partial charge in [0, 0.05) is 8.07 Å². The molecule has 1 aromatic rings. The lowest BCUT2D eigenvalue weighted by molar-refractivity contribution is 0.0523. The number of hydrogen-bond acceptors (Lipinski definition) is 2. The average Bonchev–Trinajstić information content (AvgIpc) is 2.24. The largest absolute Gasteiger partial charge is 0.462 e. The lowest BCUT2D eigenvalue weighted by Gasteiger charge is -2.17. The first-order valence-electron chi connectivity index (χ1n) is 6.88. The molecule has 2 nitrogen and oxygen atoms in total. The highest BCUT2D eigenvalue weighted by molar-refractivity contribution is 6.76. The maximum Gasteiger partial charge on any atom is 0.338 e. The summed E-state index contributed by atoms with van der Waals surface area (Å²) < 4.78 is 5.46. The molecule has 0 fully saturated rings. The maximum absolute atomic E-state index is 12.2. The summed E-state index contributed by atoms with van der Waals surface area (Å²) in [6.07, 6.45) is 0. The van der Waals surface area contributed by atoms with Crippen molar-refractivity contribution in [2.45, 2.75) is 53.4 Å². The summed E-state index contributed by atoms with van der Waals surface area (Å²) in [5.74, 6) is -0.170. The third-order valence-corrected chi connectivity index (χ3v) is 5.35. The van der Waals surface area contributed by atoms with E-state index in [0.29, 0.717) is 6.61 Å². The third-order valence-electron chi connectivity index (χ3n) is 3.65. The number of ether oxygens (including phenoxy) is 1. The summed E-state index contributed by atoms with van der Waals surface area (Å²) in [7, 11) is -1.15. The van der Waals surface area contributed by atoms with Crippen LogP contribution in [0.4, 0.5) is 0 Å². The van der Waals surface area contributed by atoms with E-state index in [1.165, 1.54) is 11.1 Å². The fraction of sp³-hybridized carbons (Fsp3) is 0.562. The van der Waals surface area contributed by atoms with Crippen LogP contribution in [0.25, 0.3) is 0 Å². The minimum atomic E-state index is -1.15. The van der Waals surface area contributed by atoms with Crippen molar-refractivity contribution < 1.29 is 9.53 Å². The Morgan fingerprint density at radius 1 is 1.05 bits per heavy atom. The number of hydrogen-bond donors (Lipinski definition) is 0. The number of esters is 1. The molecule has 0 amide bonds. The Kier molecular flexibility index (Phi) is 4.96. The maximum atomic E-state index is 12.2. The standard InChI is InChI=1S/C16H26O2Si/c1-11-10-12(2)15(14(4)13(11)3)16(17)18-8-9-19(5,6)7/h10H,8-9H2,1-7H3. The smallest absolute Gasteiger partial charge is 0.338 e. The van der Waals surface area contributed by atoms with Gasteiger partial charge in [-0.3, -0.25) is 0 Å². The summed E-state index contributed by atoms with van der Waals surface area (Å²) in [6, 6.07) is 3.08. The first-order chi connectivity index (χ1) is 8.63. The number of aryl methyl sites for hydroxylation is 2. The van der Waals surface area contributed by atoms with E-state index < -0.39 is 8.07 Å². The Morgan fingerprint density at radius 3 is 2.16 bits per heavy atom. The summed E-state index contributed by atoms with van der Waals surface area (Å²) in [5, 5.41) is 0. The Bertz CT molecular complexity index is 485. The van der Waals surface area contributed by atoms with Crippen molar-refractivity contribution in [1.29, 1.82) is 0 Å². The highest BCUT2D eigenvalue weighted by Crippen LogP contribution is 2.22. The molecule has 0 N–H and O–H groups in total. The molecule has 0 atom stereocenters. The number of benzene rings is 1. The minimum absolute atomic E-state index is 0.170. The number of carbonyl (C=O) groups is 1. The van der Waals surface area contributed by atoms with Crippen molar-refractivity contribution in [3.05, 3.63) is 33.9 Å². The molecule has 0 aliphatic heterocycles. The van der Waals surface area contributed by atoms with Crippen molar-refractivity contribution in [3.8, 4) is 0 Å². The zero-order chi connectivity index (χ0) is 14.8. The SMILES string of the molecule is Cc1cc(C)c(C(=O)OCC[Si](C)(C)C)c(C)c1C. The van der Waals surface area contributed by atoms with Gasteiger partial charge in [-0.2, -0.15) is 0 Å². The van der Waals surface area contributed by atoms with Crippen LogP contribution in [0.5, 0.6) is 0 Å². The molecule has 0 saturated carbocycles. The fourth-order valence-electron chi connectivity index (χ4n) is 2.12. The highest BCUT2D eigenvalue weighted by atomic mass is 28.3. The second-order valence-corrected chi connectivity index (χ2v) is 12.2. The van der Waals surface area contributed by atoms with E-state index in [4.69, 9.17) is 4.74 Å². The zero-order valence-corrected chi connectivity index (χ0v) is 14.3. The van der Waals surface area contributed by atoms with E-state index >= 15 is 0 Å². The van der Waals surface area contributed by atoms with Crippen molar-refractivity contribution in [2.75, 3.05) is 6.61 Å². The van der Waals surface area contributed by atoms with Crippen LogP contribution < -0.4 is 0 Å². The second-order valence-electron chi connectivity index (χ2n) is 6.58. The molecule has 106 valence electrons. The molecular weight excluding hydrogens is 252 g/mol. The van der Waals surface area contributed by atoms with Gasteiger partial charge >= 0.3 is 5.97 Å². The molecule has 0 heterocycles. The quantitative estimate of drug-likeness (QED) is 0.602. The molecule has 0 unspecified atom stereocenters. The zero-order valence-electron chi connectivity index (χ0n) is 13.3. The van der Waals surface area contributed by atoms with Gasteiger partial charge in [0.25, 0.3) is 0 Å². The van der Waals surface area contributed by atoms with E-state index in [0.717, 1.165) is 22.7 Å². The highest BCUT2D eigenvalue weighted by Gasteiger charge is 2.18. The van der Waals surface area contributed by atoms with Gasteiger partial charge in [-0.1, -0.05) is 25.7 Å². The Hall–Kier alpha value is -1.09. The van der Waals surface area contributed by atoms with Crippen LogP contribution in [0.2, 0.25) is 25.7 Å². The van der Waals surface area contributed by atoms with Crippen LogP contribution in [0.3, 0.4) is 0 Å². The molecule has 0 aliphatic rings. The third kappa shape index (κ3) is 4.20. The molecule has 0 spiro atoms. The van der Waals surface area contributed by atoms with Crippen LogP contribution in [0.15, 0.2) is 6.07 Å². The predicted octanol–water partition coefficient (Wildman–Crippen LogP) is 4.42. The van der Waals surface area contributed by atoms with Crippen molar-refractivity contribution in [2.24, 2.45) is 0 Å². The molecule has 0 bridgehead atoms. The van der Waals surface area contributed by atoms with Gasteiger partial charge in [-0.25, -0.2) is 4.79 Å². The molecule has 3 heteroatoms. The van der Waals surface area contributed by atoms with Crippen LogP contribution in [0.1, 0.15) is 32.6 Å². The lowest BCUT2D eigenvalue weighted by Crippen LogP contribution is -2.23. The topological polar surface area (TPSA) is 26.3 Å². The molecule has 19 heavy (non-hydrogen) atoms. The summed E-state index contributed by atoms with van der Waals surface area (Å²) in [6.45, 7) is 15.5.